The molecule has 9 heteroatoms. The van der Waals surface area contributed by atoms with Crippen LogP contribution in [0.5, 0.6) is 0 Å². The lowest BCUT2D eigenvalue weighted by molar-refractivity contribution is 0.0594. The Morgan fingerprint density at radius 2 is 1.75 bits per heavy atom. The van der Waals surface area contributed by atoms with Crippen LogP contribution in [0.2, 0.25) is 0 Å². The number of hydrogen-bond donors (Lipinski definition) is 1. The highest BCUT2D eigenvalue weighted by atomic mass is 19.1. The van der Waals surface area contributed by atoms with Gasteiger partial charge in [-0.15, -0.1) is 10.2 Å². The molecule has 1 aromatic heterocycles. The summed E-state index contributed by atoms with van der Waals surface area (Å²) in [7, 11) is 1.17. The molecule has 0 amide bonds. The highest BCUT2D eigenvalue weighted by Gasteiger charge is 2.22. The van der Waals surface area contributed by atoms with Crippen LogP contribution >= 0.6 is 0 Å². The monoisotopic (exact) mass is 443 g/mol. The number of methoxy groups -OCH3 is 1. The Morgan fingerprint density at radius 3 is 2.41 bits per heavy atom. The molecular formula is C23H20F3N3O3. The van der Waals surface area contributed by atoms with E-state index in [1.54, 1.807) is 12.1 Å². The number of aromatic nitrogens is 2. The molecule has 0 atom stereocenters. The van der Waals surface area contributed by atoms with Crippen LogP contribution in [0.1, 0.15) is 34.8 Å². The maximum Gasteiger partial charge on any atom is 0.360 e. The number of rotatable bonds is 5. The van der Waals surface area contributed by atoms with Gasteiger partial charge in [0.05, 0.1) is 18.4 Å². The van der Waals surface area contributed by atoms with Gasteiger partial charge in [-0.1, -0.05) is 12.1 Å². The third kappa shape index (κ3) is 4.43. The molecule has 6 nitrogen and oxygen atoms in total. The van der Waals surface area contributed by atoms with E-state index in [0.29, 0.717) is 24.5 Å². The third-order valence-electron chi connectivity index (χ3n) is 5.33. The molecule has 1 fully saturated rings. The average Bonchev–Trinajstić information content (AvgIpc) is 2.79. The van der Waals surface area contributed by atoms with Crippen molar-refractivity contribution in [1.82, 2.24) is 10.2 Å². The smallest absolute Gasteiger partial charge is 0.360 e. The first-order valence-electron chi connectivity index (χ1n) is 10.0. The van der Waals surface area contributed by atoms with E-state index in [2.05, 4.69) is 15.5 Å². The maximum absolute atomic E-state index is 14.8. The Balaban J connectivity index is 1.70. The summed E-state index contributed by atoms with van der Waals surface area (Å²) in [6.07, 6.45) is 1.48. The van der Waals surface area contributed by atoms with Gasteiger partial charge in [0.2, 0.25) is 0 Å². The lowest BCUT2D eigenvalue weighted by Crippen LogP contribution is -2.15. The number of hydrogen-bond acceptors (Lipinski definition) is 6. The van der Waals surface area contributed by atoms with Gasteiger partial charge in [-0.25, -0.2) is 18.0 Å². The SMILES string of the molecule is COC(=O)c1nnc(-c2c(F)cccc2F)cc1Nc1ccc(C2CCOCC2)c(F)c1. The Morgan fingerprint density at radius 1 is 1.03 bits per heavy atom. The summed E-state index contributed by atoms with van der Waals surface area (Å²) in [5, 5.41) is 10.5. The van der Waals surface area contributed by atoms with Crippen molar-refractivity contribution in [2.24, 2.45) is 0 Å². The van der Waals surface area contributed by atoms with E-state index in [4.69, 9.17) is 9.47 Å². The van der Waals surface area contributed by atoms with Gasteiger partial charge in [0, 0.05) is 18.9 Å². The van der Waals surface area contributed by atoms with Crippen molar-refractivity contribution in [3.05, 3.63) is 71.2 Å². The van der Waals surface area contributed by atoms with Crippen LogP contribution in [0.4, 0.5) is 24.5 Å². The Labute approximate surface area is 182 Å². The first-order chi connectivity index (χ1) is 15.5. The summed E-state index contributed by atoms with van der Waals surface area (Å²) < 4.78 is 53.3. The van der Waals surface area contributed by atoms with Gasteiger partial charge in [0.15, 0.2) is 5.69 Å². The number of carbonyl (C=O) groups excluding carboxylic acids is 1. The minimum atomic E-state index is -0.831. The predicted molar refractivity (Wildman–Crippen MR) is 111 cm³/mol. The highest BCUT2D eigenvalue weighted by Crippen LogP contribution is 2.32. The largest absolute Gasteiger partial charge is 0.464 e. The molecular weight excluding hydrogens is 423 g/mol. The molecule has 1 aliphatic heterocycles. The first-order valence-corrected chi connectivity index (χ1v) is 10.0. The van der Waals surface area contributed by atoms with Crippen molar-refractivity contribution >= 4 is 17.3 Å². The van der Waals surface area contributed by atoms with Gasteiger partial charge in [-0.2, -0.15) is 0 Å². The second-order valence-corrected chi connectivity index (χ2v) is 7.33. The molecule has 0 aliphatic carbocycles. The van der Waals surface area contributed by atoms with E-state index in [1.165, 1.54) is 25.3 Å². The van der Waals surface area contributed by atoms with Crippen LogP contribution in [0.3, 0.4) is 0 Å². The Bertz CT molecular complexity index is 1130. The second-order valence-electron chi connectivity index (χ2n) is 7.33. The lowest BCUT2D eigenvalue weighted by Gasteiger charge is -2.23. The highest BCUT2D eigenvalue weighted by molar-refractivity contribution is 5.94. The van der Waals surface area contributed by atoms with Gasteiger partial charge < -0.3 is 14.8 Å². The van der Waals surface area contributed by atoms with E-state index in [-0.39, 0.29) is 28.6 Å². The molecule has 0 saturated carbocycles. The van der Waals surface area contributed by atoms with E-state index in [9.17, 15) is 18.0 Å². The normalized spacial score (nSPS) is 14.2. The fraction of sp³-hybridized carbons (Fsp3) is 0.261. The van der Waals surface area contributed by atoms with Crippen LogP contribution in [0, 0.1) is 17.5 Å². The number of benzene rings is 2. The van der Waals surface area contributed by atoms with Crippen LogP contribution in [0.15, 0.2) is 42.5 Å². The lowest BCUT2D eigenvalue weighted by atomic mass is 9.91. The third-order valence-corrected chi connectivity index (χ3v) is 5.33. The summed E-state index contributed by atoms with van der Waals surface area (Å²) in [4.78, 5) is 12.1. The number of nitrogens with zero attached hydrogens (tertiary/aromatic N) is 2. The molecule has 0 unspecified atom stereocenters. The van der Waals surface area contributed by atoms with Crippen LogP contribution in [-0.2, 0) is 9.47 Å². The number of nitrogens with one attached hydrogen (secondary N) is 1. The summed E-state index contributed by atoms with van der Waals surface area (Å²) in [6, 6.07) is 9.32. The molecule has 0 bridgehead atoms. The molecule has 0 radical (unpaired) electrons. The van der Waals surface area contributed by atoms with Gasteiger partial charge >= 0.3 is 5.97 Å². The van der Waals surface area contributed by atoms with Crippen molar-refractivity contribution in [3.63, 3.8) is 0 Å². The molecule has 2 aromatic carbocycles. The van der Waals surface area contributed by atoms with Gasteiger partial charge in [0.1, 0.15) is 23.1 Å². The van der Waals surface area contributed by atoms with Gasteiger partial charge in [0.25, 0.3) is 0 Å². The first kappa shape index (κ1) is 21.8. The van der Waals surface area contributed by atoms with Crippen LogP contribution in [0.25, 0.3) is 11.3 Å². The maximum atomic E-state index is 14.8. The average molecular weight is 443 g/mol. The van der Waals surface area contributed by atoms with E-state index < -0.39 is 23.4 Å². The second kappa shape index (κ2) is 9.35. The number of esters is 1. The van der Waals surface area contributed by atoms with Gasteiger partial charge in [-0.05, 0) is 54.7 Å². The fourth-order valence-electron chi connectivity index (χ4n) is 3.70. The molecule has 4 rings (SSSR count). The molecule has 2 heterocycles. The van der Waals surface area contributed by atoms with Crippen molar-refractivity contribution in [2.45, 2.75) is 18.8 Å². The fourth-order valence-corrected chi connectivity index (χ4v) is 3.70. The summed E-state index contributed by atoms with van der Waals surface area (Å²) in [5.41, 5.74) is 0.269. The number of halogens is 3. The van der Waals surface area contributed by atoms with Crippen molar-refractivity contribution < 1.29 is 27.4 Å². The van der Waals surface area contributed by atoms with E-state index in [0.717, 1.165) is 25.0 Å². The minimum absolute atomic E-state index is 0.0710. The van der Waals surface area contributed by atoms with Crippen molar-refractivity contribution in [2.75, 3.05) is 25.6 Å². The van der Waals surface area contributed by atoms with E-state index >= 15 is 0 Å². The number of anilines is 2. The zero-order chi connectivity index (χ0) is 22.7. The molecule has 1 saturated heterocycles. The van der Waals surface area contributed by atoms with Gasteiger partial charge in [-0.3, -0.25) is 0 Å². The minimum Gasteiger partial charge on any atom is -0.464 e. The van der Waals surface area contributed by atoms with Crippen LogP contribution < -0.4 is 5.32 Å². The Kier molecular flexibility index (Phi) is 6.36. The predicted octanol–water partition coefficient (Wildman–Crippen LogP) is 4.99. The van der Waals surface area contributed by atoms with Crippen molar-refractivity contribution in [1.29, 1.82) is 0 Å². The zero-order valence-electron chi connectivity index (χ0n) is 17.2. The van der Waals surface area contributed by atoms with Crippen molar-refractivity contribution in [3.8, 4) is 11.3 Å². The molecule has 32 heavy (non-hydrogen) atoms. The Hall–Kier alpha value is -3.46. The zero-order valence-corrected chi connectivity index (χ0v) is 17.2. The quantitative estimate of drug-likeness (QED) is 0.561. The molecule has 1 aliphatic rings. The molecule has 166 valence electrons. The molecule has 3 aromatic rings. The standard InChI is InChI=1S/C23H20F3N3O3/c1-31-23(30)22-20(12-19(28-29-22)21-16(24)3-2-4-17(21)25)27-14-5-6-15(18(26)11-14)13-7-9-32-10-8-13/h2-6,11-13H,7-10H2,1H3,(H,27,28). The molecule has 1 N–H and O–H groups in total. The summed E-state index contributed by atoms with van der Waals surface area (Å²) >= 11 is 0. The van der Waals surface area contributed by atoms with E-state index in [1.807, 2.05) is 0 Å². The van der Waals surface area contributed by atoms with Crippen LogP contribution in [-0.4, -0.2) is 36.5 Å². The molecule has 0 spiro atoms. The summed E-state index contributed by atoms with van der Waals surface area (Å²) in [6.45, 7) is 1.18. The number of carbonyl (C=O) groups is 1. The summed E-state index contributed by atoms with van der Waals surface area (Å²) in [5.74, 6) is -2.80. The topological polar surface area (TPSA) is 73.3 Å². The number of ether oxygens (including phenoxy) is 2.